The molecule has 1 aliphatic rings. The molecule has 0 saturated heterocycles. The molecule has 4 rings (SSSR count). The van der Waals surface area contributed by atoms with Gasteiger partial charge in [-0.25, -0.2) is 28.0 Å². The van der Waals surface area contributed by atoms with Gasteiger partial charge in [-0.05, 0) is 37.5 Å². The zero-order valence-electron chi connectivity index (χ0n) is 15.6. The number of nitrogens with zero attached hydrogens (tertiary/aromatic N) is 4. The molecule has 1 fully saturated rings. The van der Waals surface area contributed by atoms with Crippen LogP contribution in [0.15, 0.2) is 35.6 Å². The van der Waals surface area contributed by atoms with E-state index in [2.05, 4.69) is 15.1 Å². The standard InChI is InChI=1S/C12H12N6O2S.C6H12O/c1-7-2-3-8(21(14,19)20)4-9(7)10-5-15-12-11(13)16-6-17-18(10)12;7-6-4-2-1-3-5-6/h2-6H,1H3,(H2,13,16,17)(H2,14,19,20);6-7H,1-5H2. The molecule has 1 aliphatic carbocycles. The van der Waals surface area contributed by atoms with Crippen molar-refractivity contribution in [2.75, 3.05) is 5.73 Å². The highest BCUT2D eigenvalue weighted by atomic mass is 32.2. The van der Waals surface area contributed by atoms with Crippen molar-refractivity contribution in [2.24, 2.45) is 5.14 Å². The van der Waals surface area contributed by atoms with Gasteiger partial charge in [0.05, 0.1) is 22.9 Å². The summed E-state index contributed by atoms with van der Waals surface area (Å²) in [7, 11) is -3.78. The fourth-order valence-electron chi connectivity index (χ4n) is 3.15. The van der Waals surface area contributed by atoms with E-state index in [4.69, 9.17) is 16.0 Å². The number of rotatable bonds is 2. The minimum Gasteiger partial charge on any atom is -0.393 e. The highest BCUT2D eigenvalue weighted by molar-refractivity contribution is 7.89. The molecule has 9 nitrogen and oxygen atoms in total. The second-order valence-electron chi connectivity index (χ2n) is 6.84. The van der Waals surface area contributed by atoms with Crippen LogP contribution >= 0.6 is 0 Å². The molecule has 28 heavy (non-hydrogen) atoms. The lowest BCUT2D eigenvalue weighted by Crippen LogP contribution is -2.12. The van der Waals surface area contributed by atoms with Crippen LogP contribution < -0.4 is 10.9 Å². The first kappa shape index (κ1) is 20.2. The lowest BCUT2D eigenvalue weighted by molar-refractivity contribution is 0.130. The molecule has 2 aromatic heterocycles. The van der Waals surface area contributed by atoms with Gasteiger partial charge in [0.25, 0.3) is 0 Å². The molecule has 3 aromatic rings. The van der Waals surface area contributed by atoms with Crippen LogP contribution in [-0.4, -0.2) is 39.2 Å². The van der Waals surface area contributed by atoms with E-state index in [0.29, 0.717) is 16.9 Å². The average Bonchev–Trinajstić information content (AvgIpc) is 3.08. The summed E-state index contributed by atoms with van der Waals surface area (Å²) in [6.45, 7) is 1.85. The molecular formula is C18H24N6O3S. The van der Waals surface area contributed by atoms with E-state index >= 15 is 0 Å². The smallest absolute Gasteiger partial charge is 0.238 e. The van der Waals surface area contributed by atoms with E-state index in [1.165, 1.54) is 42.2 Å². The molecule has 0 atom stereocenters. The number of imidazole rings is 1. The van der Waals surface area contributed by atoms with Gasteiger partial charge in [-0.2, -0.15) is 5.10 Å². The number of aryl methyl sites for hydroxylation is 1. The molecule has 0 amide bonds. The predicted molar refractivity (Wildman–Crippen MR) is 106 cm³/mol. The maximum absolute atomic E-state index is 11.5. The highest BCUT2D eigenvalue weighted by Crippen LogP contribution is 2.27. The first-order valence-electron chi connectivity index (χ1n) is 9.03. The molecular weight excluding hydrogens is 380 g/mol. The second-order valence-corrected chi connectivity index (χ2v) is 8.40. The second kappa shape index (κ2) is 8.21. The maximum atomic E-state index is 11.5. The van der Waals surface area contributed by atoms with Gasteiger partial charge in [-0.1, -0.05) is 25.3 Å². The Morgan fingerprint density at radius 3 is 2.50 bits per heavy atom. The lowest BCUT2D eigenvalue weighted by Gasteiger charge is -2.14. The lowest BCUT2D eigenvalue weighted by atomic mass is 9.98. The molecule has 0 unspecified atom stereocenters. The zero-order valence-corrected chi connectivity index (χ0v) is 16.4. The van der Waals surface area contributed by atoms with Crippen LogP contribution in [0.5, 0.6) is 0 Å². The fourth-order valence-corrected chi connectivity index (χ4v) is 3.69. The van der Waals surface area contributed by atoms with Crippen molar-refractivity contribution in [3.8, 4) is 11.3 Å². The maximum Gasteiger partial charge on any atom is 0.238 e. The first-order valence-corrected chi connectivity index (χ1v) is 10.6. The van der Waals surface area contributed by atoms with Crippen LogP contribution in [-0.2, 0) is 10.0 Å². The zero-order chi connectivity index (χ0) is 20.3. The minimum absolute atomic E-state index is 0.0279. The van der Waals surface area contributed by atoms with E-state index in [1.807, 2.05) is 6.92 Å². The summed E-state index contributed by atoms with van der Waals surface area (Å²) in [6, 6.07) is 4.63. The van der Waals surface area contributed by atoms with Crippen molar-refractivity contribution >= 4 is 21.5 Å². The SMILES string of the molecule is Cc1ccc(S(N)(=O)=O)cc1-c1cnc2c(N)ncnn12.OC1CCCCC1. The summed E-state index contributed by atoms with van der Waals surface area (Å²) in [5.41, 5.74) is 8.28. The normalized spacial score (nSPS) is 15.2. The van der Waals surface area contributed by atoms with Crippen molar-refractivity contribution in [1.29, 1.82) is 0 Å². The number of aromatic nitrogens is 4. The van der Waals surface area contributed by atoms with Gasteiger partial charge in [0.2, 0.25) is 10.0 Å². The number of sulfonamides is 1. The Balaban J connectivity index is 0.000000271. The van der Waals surface area contributed by atoms with E-state index in [9.17, 15) is 8.42 Å². The molecule has 0 bridgehead atoms. The predicted octanol–water partition coefficient (Wildman–Crippen LogP) is 1.64. The number of aliphatic hydroxyl groups excluding tert-OH is 1. The Morgan fingerprint density at radius 1 is 1.18 bits per heavy atom. The van der Waals surface area contributed by atoms with E-state index in [1.54, 1.807) is 12.3 Å². The number of fused-ring (bicyclic) bond motifs is 1. The van der Waals surface area contributed by atoms with Crippen molar-refractivity contribution in [2.45, 2.75) is 50.0 Å². The monoisotopic (exact) mass is 404 g/mol. The van der Waals surface area contributed by atoms with Crippen LogP contribution in [0, 0.1) is 6.92 Å². The molecule has 0 radical (unpaired) electrons. The molecule has 0 aliphatic heterocycles. The number of hydrogen-bond donors (Lipinski definition) is 3. The topological polar surface area (TPSA) is 149 Å². The van der Waals surface area contributed by atoms with Gasteiger partial charge < -0.3 is 10.8 Å². The first-order chi connectivity index (χ1) is 13.3. The quantitative estimate of drug-likeness (QED) is 0.587. The molecule has 5 N–H and O–H groups in total. The Morgan fingerprint density at radius 2 is 1.89 bits per heavy atom. The number of hydrogen-bond acceptors (Lipinski definition) is 7. The summed E-state index contributed by atoms with van der Waals surface area (Å²) in [5.74, 6) is 0.247. The molecule has 1 aromatic carbocycles. The van der Waals surface area contributed by atoms with Gasteiger partial charge in [0, 0.05) is 5.56 Å². The van der Waals surface area contributed by atoms with Crippen molar-refractivity contribution in [3.63, 3.8) is 0 Å². The van der Waals surface area contributed by atoms with Crippen LogP contribution in [0.1, 0.15) is 37.7 Å². The average molecular weight is 404 g/mol. The summed E-state index contributed by atoms with van der Waals surface area (Å²) < 4.78 is 24.5. The number of benzene rings is 1. The van der Waals surface area contributed by atoms with Crippen LogP contribution in [0.4, 0.5) is 5.82 Å². The van der Waals surface area contributed by atoms with Crippen molar-refractivity contribution in [1.82, 2.24) is 19.6 Å². The number of primary sulfonamides is 1. The minimum atomic E-state index is -3.78. The van der Waals surface area contributed by atoms with E-state index < -0.39 is 10.0 Å². The Labute approximate surface area is 163 Å². The molecule has 10 heteroatoms. The molecule has 150 valence electrons. The Hall–Kier alpha value is -2.56. The third kappa shape index (κ3) is 4.46. The largest absolute Gasteiger partial charge is 0.393 e. The van der Waals surface area contributed by atoms with E-state index in [-0.39, 0.29) is 16.8 Å². The number of nitrogens with two attached hydrogens (primary N) is 2. The molecule has 1 saturated carbocycles. The number of nitrogen functional groups attached to an aromatic ring is 1. The third-order valence-electron chi connectivity index (χ3n) is 4.72. The van der Waals surface area contributed by atoms with Gasteiger partial charge in [-0.3, -0.25) is 0 Å². The van der Waals surface area contributed by atoms with Crippen LogP contribution in [0.2, 0.25) is 0 Å². The van der Waals surface area contributed by atoms with Gasteiger partial charge in [0.15, 0.2) is 11.5 Å². The van der Waals surface area contributed by atoms with Crippen LogP contribution in [0.3, 0.4) is 0 Å². The van der Waals surface area contributed by atoms with Gasteiger partial charge in [0.1, 0.15) is 6.33 Å². The summed E-state index contributed by atoms with van der Waals surface area (Å²) in [4.78, 5) is 8.05. The Bertz CT molecular complexity index is 1070. The van der Waals surface area contributed by atoms with Crippen molar-refractivity contribution < 1.29 is 13.5 Å². The fraction of sp³-hybridized carbons (Fsp3) is 0.389. The third-order valence-corrected chi connectivity index (χ3v) is 5.63. The Kier molecular flexibility index (Phi) is 5.92. The van der Waals surface area contributed by atoms with Crippen molar-refractivity contribution in [3.05, 3.63) is 36.3 Å². The molecule has 0 spiro atoms. The van der Waals surface area contributed by atoms with Gasteiger partial charge in [-0.15, -0.1) is 0 Å². The highest BCUT2D eigenvalue weighted by Gasteiger charge is 2.15. The summed E-state index contributed by atoms with van der Waals surface area (Å²) in [6.07, 6.45) is 8.80. The van der Waals surface area contributed by atoms with Crippen LogP contribution in [0.25, 0.3) is 16.9 Å². The van der Waals surface area contributed by atoms with Gasteiger partial charge >= 0.3 is 0 Å². The van der Waals surface area contributed by atoms with E-state index in [0.717, 1.165) is 18.4 Å². The number of aliphatic hydroxyl groups is 1. The molecule has 2 heterocycles. The summed E-state index contributed by atoms with van der Waals surface area (Å²) >= 11 is 0. The summed E-state index contributed by atoms with van der Waals surface area (Å²) in [5, 5.41) is 18.2. The number of anilines is 1.